The zero-order valence-corrected chi connectivity index (χ0v) is 12.5. The molecule has 1 aromatic rings. The van der Waals surface area contributed by atoms with E-state index in [9.17, 15) is 18.0 Å². The largest absolute Gasteiger partial charge is 0.480 e. The quantitative estimate of drug-likeness (QED) is 0.804. The van der Waals surface area contributed by atoms with E-state index in [2.05, 4.69) is 0 Å². The number of carbonyl (C=O) groups excluding carboxylic acids is 1. The highest BCUT2D eigenvalue weighted by Crippen LogP contribution is 2.29. The van der Waals surface area contributed by atoms with Gasteiger partial charge in [-0.1, -0.05) is 0 Å². The Morgan fingerprint density at radius 3 is 2.43 bits per heavy atom. The molecule has 9 heteroatoms. The lowest BCUT2D eigenvalue weighted by atomic mass is 10.3. The molecule has 1 aliphatic rings. The van der Waals surface area contributed by atoms with Crippen LogP contribution >= 0.6 is 0 Å². The maximum atomic E-state index is 12.2. The normalized spacial score (nSPS) is 15.2. The Hall–Kier alpha value is -1.87. The van der Waals surface area contributed by atoms with Crippen molar-refractivity contribution in [3.05, 3.63) is 17.9 Å². The van der Waals surface area contributed by atoms with Crippen molar-refractivity contribution in [2.24, 2.45) is 0 Å². The highest BCUT2D eigenvalue weighted by molar-refractivity contribution is 7.88. The molecule has 0 atom stereocenters. The minimum Gasteiger partial charge on any atom is -0.480 e. The number of hydrogen-bond acceptors (Lipinski definition) is 5. The molecule has 1 N–H and O–H groups in total. The molecular formula is C12H16N2O6S. The summed E-state index contributed by atoms with van der Waals surface area (Å²) in [5, 5.41) is 8.49. The van der Waals surface area contributed by atoms with Crippen LogP contribution in [0.1, 0.15) is 23.4 Å². The van der Waals surface area contributed by atoms with Gasteiger partial charge in [-0.05, 0) is 25.0 Å². The predicted octanol–water partition coefficient (Wildman–Crippen LogP) is 0.219. The van der Waals surface area contributed by atoms with Gasteiger partial charge in [-0.25, -0.2) is 12.7 Å². The fraction of sp³-hybridized carbons (Fsp3) is 0.500. The van der Waals surface area contributed by atoms with Crippen molar-refractivity contribution in [1.29, 1.82) is 0 Å². The maximum Gasteiger partial charge on any atom is 0.323 e. The second kappa shape index (κ2) is 5.49. The Morgan fingerprint density at radius 2 is 1.95 bits per heavy atom. The summed E-state index contributed by atoms with van der Waals surface area (Å²) >= 11 is 0. The Labute approximate surface area is 122 Å². The number of amides is 1. The fourth-order valence-electron chi connectivity index (χ4n) is 1.79. The van der Waals surface area contributed by atoms with E-state index < -0.39 is 28.4 Å². The molecule has 0 spiro atoms. The summed E-state index contributed by atoms with van der Waals surface area (Å²) in [6.07, 6.45) is 1.48. The molecule has 1 aromatic heterocycles. The highest BCUT2D eigenvalue weighted by Gasteiger charge is 2.36. The Bertz CT molecular complexity index is 659. The van der Waals surface area contributed by atoms with E-state index in [4.69, 9.17) is 9.52 Å². The van der Waals surface area contributed by atoms with E-state index in [1.165, 1.54) is 31.1 Å². The van der Waals surface area contributed by atoms with Gasteiger partial charge in [-0.15, -0.1) is 0 Å². The topological polar surface area (TPSA) is 108 Å². The van der Waals surface area contributed by atoms with E-state index in [0.29, 0.717) is 0 Å². The van der Waals surface area contributed by atoms with Crippen molar-refractivity contribution < 1.29 is 27.5 Å². The van der Waals surface area contributed by atoms with Crippen LogP contribution in [0.2, 0.25) is 0 Å². The second-order valence-electron chi connectivity index (χ2n) is 4.96. The van der Waals surface area contributed by atoms with Crippen molar-refractivity contribution in [2.75, 3.05) is 20.6 Å². The molecule has 0 bridgehead atoms. The molecule has 0 radical (unpaired) electrons. The lowest BCUT2D eigenvalue weighted by Crippen LogP contribution is -2.37. The number of hydrogen-bond donors (Lipinski definition) is 1. The molecule has 1 amide bonds. The average molecular weight is 316 g/mol. The first-order valence-electron chi connectivity index (χ1n) is 6.28. The number of nitrogens with zero attached hydrogens (tertiary/aromatic N) is 2. The van der Waals surface area contributed by atoms with Gasteiger partial charge in [0.25, 0.3) is 15.9 Å². The fourth-order valence-corrected chi connectivity index (χ4v) is 2.59. The molecule has 0 aromatic carbocycles. The Balaban J connectivity index is 2.24. The Morgan fingerprint density at radius 1 is 1.33 bits per heavy atom. The molecule has 116 valence electrons. The minimum atomic E-state index is -3.76. The molecule has 8 nitrogen and oxygen atoms in total. The lowest BCUT2D eigenvalue weighted by molar-refractivity contribution is -0.137. The molecule has 1 heterocycles. The number of carboxylic acid groups (broad SMARTS) is 1. The smallest absolute Gasteiger partial charge is 0.323 e. The molecule has 0 unspecified atom stereocenters. The van der Waals surface area contributed by atoms with Crippen LogP contribution < -0.4 is 0 Å². The molecule has 0 aliphatic heterocycles. The van der Waals surface area contributed by atoms with Crippen LogP contribution in [0.25, 0.3) is 0 Å². The predicted molar refractivity (Wildman–Crippen MR) is 71.3 cm³/mol. The summed E-state index contributed by atoms with van der Waals surface area (Å²) in [6.45, 7) is -0.431. The molecule has 21 heavy (non-hydrogen) atoms. The van der Waals surface area contributed by atoms with Gasteiger partial charge in [-0.3, -0.25) is 9.59 Å². The summed E-state index contributed by atoms with van der Waals surface area (Å²) in [7, 11) is -1.07. The third-order valence-corrected chi connectivity index (χ3v) is 4.77. The van der Waals surface area contributed by atoms with E-state index in [1.807, 2.05) is 0 Å². The number of carboxylic acids is 1. The van der Waals surface area contributed by atoms with Crippen LogP contribution in [0.4, 0.5) is 0 Å². The van der Waals surface area contributed by atoms with Gasteiger partial charge in [0.05, 0.1) is 0 Å². The van der Waals surface area contributed by atoms with Crippen molar-refractivity contribution in [2.45, 2.75) is 24.0 Å². The molecule has 2 rings (SSSR count). The number of sulfonamides is 1. The van der Waals surface area contributed by atoms with Gasteiger partial charge >= 0.3 is 5.97 Å². The van der Waals surface area contributed by atoms with Gasteiger partial charge in [-0.2, -0.15) is 0 Å². The third-order valence-electron chi connectivity index (χ3n) is 3.08. The summed E-state index contributed by atoms with van der Waals surface area (Å²) in [6, 6.07) is 2.32. The van der Waals surface area contributed by atoms with Crippen LogP contribution in [-0.4, -0.2) is 61.3 Å². The number of carbonyl (C=O) groups is 2. The van der Waals surface area contributed by atoms with Gasteiger partial charge < -0.3 is 14.4 Å². The third kappa shape index (κ3) is 3.24. The first-order valence-corrected chi connectivity index (χ1v) is 7.72. The molecule has 1 aliphatic carbocycles. The van der Waals surface area contributed by atoms with E-state index in [-0.39, 0.29) is 16.9 Å². The summed E-state index contributed by atoms with van der Waals surface area (Å²) in [4.78, 5) is 24.2. The standard InChI is InChI=1S/C12H16N2O6S/c1-13(2)21(18,19)11-6-5-9(20-11)12(17)14(7-10(15)16)8-3-4-8/h5-6,8H,3-4,7H2,1-2H3,(H,15,16). The zero-order valence-electron chi connectivity index (χ0n) is 11.6. The lowest BCUT2D eigenvalue weighted by Gasteiger charge is -2.18. The average Bonchev–Trinajstić information content (AvgIpc) is 3.10. The monoisotopic (exact) mass is 316 g/mol. The first-order chi connectivity index (χ1) is 9.73. The number of aliphatic carboxylic acids is 1. The SMILES string of the molecule is CN(C)S(=O)(=O)c1ccc(C(=O)N(CC(=O)O)C2CC2)o1. The first kappa shape index (κ1) is 15.5. The number of rotatable bonds is 6. The molecule has 0 saturated heterocycles. The van der Waals surface area contributed by atoms with Crippen LogP contribution in [0, 0.1) is 0 Å². The highest BCUT2D eigenvalue weighted by atomic mass is 32.2. The van der Waals surface area contributed by atoms with E-state index in [1.54, 1.807) is 0 Å². The van der Waals surface area contributed by atoms with Gasteiger partial charge in [0.2, 0.25) is 5.09 Å². The summed E-state index contributed by atoms with van der Waals surface area (Å²) in [5.74, 6) is -1.91. The van der Waals surface area contributed by atoms with Crippen LogP contribution in [0.5, 0.6) is 0 Å². The van der Waals surface area contributed by atoms with Crippen molar-refractivity contribution in [3.8, 4) is 0 Å². The number of furan rings is 1. The van der Waals surface area contributed by atoms with Crippen LogP contribution in [0.3, 0.4) is 0 Å². The van der Waals surface area contributed by atoms with Gasteiger partial charge in [0.15, 0.2) is 5.76 Å². The molecule has 1 saturated carbocycles. The second-order valence-corrected chi connectivity index (χ2v) is 7.05. The van der Waals surface area contributed by atoms with Gasteiger partial charge in [0, 0.05) is 20.1 Å². The van der Waals surface area contributed by atoms with Crippen molar-refractivity contribution >= 4 is 21.9 Å². The van der Waals surface area contributed by atoms with Crippen molar-refractivity contribution in [1.82, 2.24) is 9.21 Å². The molecular weight excluding hydrogens is 300 g/mol. The zero-order chi connectivity index (χ0) is 15.8. The van der Waals surface area contributed by atoms with E-state index in [0.717, 1.165) is 17.1 Å². The Kier molecular flexibility index (Phi) is 4.06. The van der Waals surface area contributed by atoms with Gasteiger partial charge in [0.1, 0.15) is 6.54 Å². The van der Waals surface area contributed by atoms with E-state index >= 15 is 0 Å². The summed E-state index contributed by atoms with van der Waals surface area (Å²) in [5.41, 5.74) is 0. The minimum absolute atomic E-state index is 0.118. The molecule has 1 fully saturated rings. The maximum absolute atomic E-state index is 12.2. The van der Waals surface area contributed by atoms with Crippen molar-refractivity contribution in [3.63, 3.8) is 0 Å². The van der Waals surface area contributed by atoms with Crippen LogP contribution in [0.15, 0.2) is 21.6 Å². The van der Waals surface area contributed by atoms with Crippen LogP contribution in [-0.2, 0) is 14.8 Å². The summed E-state index contributed by atoms with van der Waals surface area (Å²) < 4.78 is 29.8.